The van der Waals surface area contributed by atoms with Gasteiger partial charge in [-0.1, -0.05) is 37.3 Å². The van der Waals surface area contributed by atoms with Gasteiger partial charge >= 0.3 is 6.09 Å². The summed E-state index contributed by atoms with van der Waals surface area (Å²) >= 11 is 0. The number of anilines is 1. The van der Waals surface area contributed by atoms with Gasteiger partial charge in [-0.05, 0) is 35.4 Å². The highest BCUT2D eigenvalue weighted by Crippen LogP contribution is 2.38. The van der Waals surface area contributed by atoms with Crippen LogP contribution < -0.4 is 4.90 Å². The molecule has 130 valence electrons. The van der Waals surface area contributed by atoms with Crippen molar-refractivity contribution in [3.8, 4) is 0 Å². The lowest BCUT2D eigenvalue weighted by molar-refractivity contribution is -0.121. The second-order valence-corrected chi connectivity index (χ2v) is 6.77. The molecule has 0 radical (unpaired) electrons. The summed E-state index contributed by atoms with van der Waals surface area (Å²) in [5, 5.41) is 9.75. The van der Waals surface area contributed by atoms with Crippen LogP contribution in [0.3, 0.4) is 0 Å². The van der Waals surface area contributed by atoms with Crippen molar-refractivity contribution in [3.05, 3.63) is 59.9 Å². The fourth-order valence-corrected chi connectivity index (χ4v) is 3.63. The number of carboxylic acid groups (broad SMARTS) is 1. The van der Waals surface area contributed by atoms with E-state index in [1.54, 1.807) is 12.4 Å². The van der Waals surface area contributed by atoms with Crippen LogP contribution in [0.15, 0.2) is 48.8 Å². The van der Waals surface area contributed by atoms with Gasteiger partial charge in [0.05, 0.1) is 18.4 Å². The average Bonchev–Trinajstić information content (AvgIpc) is 2.59. The van der Waals surface area contributed by atoms with Gasteiger partial charge in [-0.25, -0.2) is 4.79 Å². The van der Waals surface area contributed by atoms with Gasteiger partial charge in [0, 0.05) is 19.0 Å². The molecule has 1 fully saturated rings. The standard InChI is InChI=1S/C20H22N2O3/c1-14-9-16(11-17(23)10-14)18-7-8-21-12-19(18)22(20(24)25)13-15-5-3-2-4-6-15/h2-8,12,14,16H,9-11,13H2,1H3,(H,24,25)/t14-,16+/m1/s1. The fraction of sp³-hybridized carbons (Fsp3) is 0.350. The number of nitrogens with zero attached hydrogens (tertiary/aromatic N) is 2. The molecule has 0 spiro atoms. The topological polar surface area (TPSA) is 70.5 Å². The van der Waals surface area contributed by atoms with E-state index in [0.29, 0.717) is 24.4 Å². The minimum absolute atomic E-state index is 0.0480. The maximum atomic E-state index is 12.0. The first-order chi connectivity index (χ1) is 12.0. The molecular weight excluding hydrogens is 316 g/mol. The van der Waals surface area contributed by atoms with Crippen LogP contribution in [-0.4, -0.2) is 22.0 Å². The van der Waals surface area contributed by atoms with E-state index in [4.69, 9.17) is 0 Å². The number of aromatic nitrogens is 1. The molecule has 0 aliphatic heterocycles. The van der Waals surface area contributed by atoms with Crippen molar-refractivity contribution in [2.45, 2.75) is 38.6 Å². The Morgan fingerprint density at radius 1 is 1.24 bits per heavy atom. The molecule has 1 aliphatic rings. The number of Topliss-reactive ketones (excluding diaryl/α,β-unsaturated/α-hetero) is 1. The summed E-state index contributed by atoms with van der Waals surface area (Å²) < 4.78 is 0. The number of benzene rings is 1. The first-order valence-electron chi connectivity index (χ1n) is 8.54. The van der Waals surface area contributed by atoms with Gasteiger partial charge in [-0.2, -0.15) is 0 Å². The van der Waals surface area contributed by atoms with E-state index in [-0.39, 0.29) is 18.2 Å². The average molecular weight is 338 g/mol. The molecular formula is C20H22N2O3. The maximum absolute atomic E-state index is 12.0. The maximum Gasteiger partial charge on any atom is 0.412 e. The Morgan fingerprint density at radius 3 is 2.68 bits per heavy atom. The van der Waals surface area contributed by atoms with Gasteiger partial charge in [0.15, 0.2) is 0 Å². The molecule has 0 saturated heterocycles. The normalized spacial score (nSPS) is 20.3. The van der Waals surface area contributed by atoms with Gasteiger partial charge in [-0.3, -0.25) is 14.7 Å². The van der Waals surface area contributed by atoms with Gasteiger partial charge in [0.25, 0.3) is 0 Å². The Labute approximate surface area is 147 Å². The quantitative estimate of drug-likeness (QED) is 0.905. The molecule has 1 saturated carbocycles. The van der Waals surface area contributed by atoms with Gasteiger partial charge in [-0.15, -0.1) is 0 Å². The molecule has 1 heterocycles. The summed E-state index contributed by atoms with van der Waals surface area (Å²) in [5.41, 5.74) is 2.38. The molecule has 2 aromatic rings. The molecule has 3 rings (SSSR count). The largest absolute Gasteiger partial charge is 0.465 e. The van der Waals surface area contributed by atoms with Crippen molar-refractivity contribution in [2.75, 3.05) is 4.90 Å². The Morgan fingerprint density at radius 2 is 2.00 bits per heavy atom. The number of ketones is 1. The molecule has 0 bridgehead atoms. The van der Waals surface area contributed by atoms with Crippen LogP contribution in [0.1, 0.15) is 43.2 Å². The van der Waals surface area contributed by atoms with E-state index in [1.165, 1.54) is 4.90 Å². The summed E-state index contributed by atoms with van der Waals surface area (Å²) in [6, 6.07) is 11.3. The zero-order valence-corrected chi connectivity index (χ0v) is 14.3. The highest BCUT2D eigenvalue weighted by molar-refractivity contribution is 5.87. The van der Waals surface area contributed by atoms with Crippen LogP contribution in [0.5, 0.6) is 0 Å². The molecule has 1 aromatic heterocycles. The lowest BCUT2D eigenvalue weighted by Crippen LogP contribution is -2.31. The first-order valence-corrected chi connectivity index (χ1v) is 8.54. The molecule has 25 heavy (non-hydrogen) atoms. The van der Waals surface area contributed by atoms with Crippen molar-refractivity contribution < 1.29 is 14.7 Å². The lowest BCUT2D eigenvalue weighted by Gasteiger charge is -2.30. The van der Waals surface area contributed by atoms with Crippen LogP contribution in [0.4, 0.5) is 10.5 Å². The first kappa shape index (κ1) is 17.1. The summed E-state index contributed by atoms with van der Waals surface area (Å²) in [5.74, 6) is 0.614. The highest BCUT2D eigenvalue weighted by Gasteiger charge is 2.29. The van der Waals surface area contributed by atoms with Crippen molar-refractivity contribution in [1.29, 1.82) is 0 Å². The predicted molar refractivity (Wildman–Crippen MR) is 95.6 cm³/mol. The van der Waals surface area contributed by atoms with Gasteiger partial charge in [0.2, 0.25) is 0 Å². The predicted octanol–water partition coefficient (Wildman–Crippen LogP) is 4.24. The molecule has 1 N–H and O–H groups in total. The minimum atomic E-state index is -1.02. The van der Waals surface area contributed by atoms with Crippen LogP contribution in [0.25, 0.3) is 0 Å². The summed E-state index contributed by atoms with van der Waals surface area (Å²) in [6.07, 6.45) is 4.22. The molecule has 1 amide bonds. The lowest BCUT2D eigenvalue weighted by atomic mass is 9.78. The van der Waals surface area contributed by atoms with Crippen molar-refractivity contribution >= 4 is 17.6 Å². The van der Waals surface area contributed by atoms with Crippen LogP contribution in [-0.2, 0) is 11.3 Å². The molecule has 5 heteroatoms. The molecule has 2 atom stereocenters. The van der Waals surface area contributed by atoms with E-state index in [2.05, 4.69) is 11.9 Å². The van der Waals surface area contributed by atoms with E-state index in [9.17, 15) is 14.7 Å². The monoisotopic (exact) mass is 338 g/mol. The number of rotatable bonds is 4. The van der Waals surface area contributed by atoms with E-state index in [1.807, 2.05) is 36.4 Å². The third-order valence-electron chi connectivity index (χ3n) is 4.71. The SMILES string of the molecule is C[C@H]1CC(=O)C[C@@H](c2ccncc2N(Cc2ccccc2)C(=O)O)C1. The smallest absolute Gasteiger partial charge is 0.412 e. The molecule has 5 nitrogen and oxygen atoms in total. The number of amides is 1. The van der Waals surface area contributed by atoms with Crippen LogP contribution in [0, 0.1) is 5.92 Å². The van der Waals surface area contributed by atoms with Crippen LogP contribution in [0.2, 0.25) is 0 Å². The minimum Gasteiger partial charge on any atom is -0.465 e. The van der Waals surface area contributed by atoms with Gasteiger partial charge in [0.1, 0.15) is 5.78 Å². The second kappa shape index (κ2) is 7.47. The zero-order valence-electron chi connectivity index (χ0n) is 14.3. The Kier molecular flexibility index (Phi) is 5.12. The Hall–Kier alpha value is -2.69. The number of hydrogen-bond donors (Lipinski definition) is 1. The van der Waals surface area contributed by atoms with E-state index >= 15 is 0 Å². The number of pyridine rings is 1. The summed E-state index contributed by atoms with van der Waals surface area (Å²) in [4.78, 5) is 29.4. The third kappa shape index (κ3) is 4.05. The summed E-state index contributed by atoms with van der Waals surface area (Å²) in [6.45, 7) is 2.33. The fourth-order valence-electron chi connectivity index (χ4n) is 3.63. The molecule has 0 unspecified atom stereocenters. The summed E-state index contributed by atoms with van der Waals surface area (Å²) in [7, 11) is 0. The van der Waals surface area contributed by atoms with Crippen molar-refractivity contribution in [2.24, 2.45) is 5.92 Å². The van der Waals surface area contributed by atoms with E-state index < -0.39 is 6.09 Å². The van der Waals surface area contributed by atoms with Gasteiger partial charge < -0.3 is 5.11 Å². The van der Waals surface area contributed by atoms with Crippen LogP contribution >= 0.6 is 0 Å². The van der Waals surface area contributed by atoms with Crippen molar-refractivity contribution in [3.63, 3.8) is 0 Å². The Bertz CT molecular complexity index is 761. The molecule has 1 aliphatic carbocycles. The van der Waals surface area contributed by atoms with Crippen molar-refractivity contribution in [1.82, 2.24) is 4.98 Å². The number of carbonyl (C=O) groups excluding carboxylic acids is 1. The third-order valence-corrected chi connectivity index (χ3v) is 4.71. The Balaban J connectivity index is 1.94. The zero-order chi connectivity index (χ0) is 17.8. The highest BCUT2D eigenvalue weighted by atomic mass is 16.4. The number of hydrogen-bond acceptors (Lipinski definition) is 3. The second-order valence-electron chi connectivity index (χ2n) is 6.77. The van der Waals surface area contributed by atoms with E-state index in [0.717, 1.165) is 17.5 Å². The number of carbonyl (C=O) groups is 2. The molecule has 1 aromatic carbocycles.